The monoisotopic (exact) mass is 471 g/mol. The maximum Gasteiger partial charge on any atom is 0.326 e. The predicted molar refractivity (Wildman–Crippen MR) is 120 cm³/mol. The number of hydrogen-bond acceptors (Lipinski definition) is 3. The number of benzene rings is 1. The van der Waals surface area contributed by atoms with E-state index in [1.807, 2.05) is 16.7 Å². The summed E-state index contributed by atoms with van der Waals surface area (Å²) in [7, 11) is 0. The molecule has 28 heavy (non-hydrogen) atoms. The molecule has 0 radical (unpaired) electrons. The van der Waals surface area contributed by atoms with Crippen LogP contribution in [0.4, 0.5) is 0 Å². The second-order valence-corrected chi connectivity index (χ2v) is 8.95. The van der Waals surface area contributed by atoms with E-state index in [0.29, 0.717) is 18.2 Å². The van der Waals surface area contributed by atoms with Crippen LogP contribution in [-0.2, 0) is 4.74 Å². The molecule has 2 aliphatic rings. The van der Waals surface area contributed by atoms with Gasteiger partial charge in [0.25, 0.3) is 0 Å². The number of halogens is 2. The first-order valence-corrected chi connectivity index (χ1v) is 11.2. The van der Waals surface area contributed by atoms with Crippen molar-refractivity contribution >= 4 is 39.4 Å². The molecular weight excluding hydrogens is 442 g/mol. The zero-order valence-corrected chi connectivity index (χ0v) is 18.9. The zero-order valence-electron chi connectivity index (χ0n) is 16.5. The van der Waals surface area contributed by atoms with Gasteiger partial charge in [0.1, 0.15) is 0 Å². The van der Waals surface area contributed by atoms with E-state index in [2.05, 4.69) is 38.8 Å². The molecule has 1 aliphatic carbocycles. The van der Waals surface area contributed by atoms with Crippen molar-refractivity contribution in [3.8, 4) is 0 Å². The highest BCUT2D eigenvalue weighted by Gasteiger charge is 2.30. The number of fused-ring (bicyclic) bond motifs is 1. The fourth-order valence-corrected chi connectivity index (χ4v) is 5.18. The number of rotatable bonds is 5. The van der Waals surface area contributed by atoms with Gasteiger partial charge in [0, 0.05) is 36.3 Å². The first kappa shape index (κ1) is 21.9. The molecule has 1 aliphatic heterocycles. The third kappa shape index (κ3) is 4.66. The summed E-state index contributed by atoms with van der Waals surface area (Å²) in [6.07, 6.45) is 8.56. The minimum absolute atomic E-state index is 0. The van der Waals surface area contributed by atoms with E-state index >= 15 is 0 Å². The molecule has 1 N–H and O–H groups in total. The molecule has 4 rings (SSSR count). The lowest BCUT2D eigenvalue weighted by atomic mass is 9.90. The summed E-state index contributed by atoms with van der Waals surface area (Å²) in [6, 6.07) is 7.00. The normalized spacial score (nSPS) is 24.4. The molecular formula is C21H31BrClN3O2. The van der Waals surface area contributed by atoms with Crippen LogP contribution in [0.1, 0.15) is 57.9 Å². The Bertz CT molecular complexity index is 821. The average Bonchev–Trinajstić information content (AvgIpc) is 3.02. The summed E-state index contributed by atoms with van der Waals surface area (Å²) in [5.41, 5.74) is 1.97. The molecule has 0 unspecified atom stereocenters. The zero-order chi connectivity index (χ0) is 18.8. The molecule has 0 spiro atoms. The maximum absolute atomic E-state index is 12.5. The third-order valence-corrected chi connectivity index (χ3v) is 6.75. The lowest BCUT2D eigenvalue weighted by Gasteiger charge is -2.41. The summed E-state index contributed by atoms with van der Waals surface area (Å²) in [6.45, 7) is 5.25. The Morgan fingerprint density at radius 1 is 1.11 bits per heavy atom. The minimum Gasteiger partial charge on any atom is -0.378 e. The van der Waals surface area contributed by atoms with Crippen molar-refractivity contribution in [2.24, 2.45) is 0 Å². The van der Waals surface area contributed by atoms with Gasteiger partial charge in [-0.05, 0) is 63.1 Å². The number of aromatic nitrogens is 2. The van der Waals surface area contributed by atoms with Crippen LogP contribution in [0.25, 0.3) is 11.0 Å². The van der Waals surface area contributed by atoms with Gasteiger partial charge in [0.2, 0.25) is 0 Å². The van der Waals surface area contributed by atoms with E-state index in [4.69, 9.17) is 4.74 Å². The molecule has 7 heteroatoms. The first-order valence-electron chi connectivity index (χ1n) is 10.4. The average molecular weight is 473 g/mol. The van der Waals surface area contributed by atoms with Gasteiger partial charge in [-0.25, -0.2) is 4.79 Å². The van der Waals surface area contributed by atoms with Gasteiger partial charge < -0.3 is 14.6 Å². The Labute approximate surface area is 181 Å². The van der Waals surface area contributed by atoms with E-state index < -0.39 is 0 Å². The van der Waals surface area contributed by atoms with Gasteiger partial charge in [0.05, 0.1) is 17.1 Å². The first-order chi connectivity index (χ1) is 13.2. The second kappa shape index (κ2) is 9.79. The van der Waals surface area contributed by atoms with Crippen LogP contribution >= 0.6 is 28.3 Å². The van der Waals surface area contributed by atoms with E-state index in [0.717, 1.165) is 54.5 Å². The van der Waals surface area contributed by atoms with Gasteiger partial charge >= 0.3 is 5.69 Å². The van der Waals surface area contributed by atoms with Crippen LogP contribution in [0.2, 0.25) is 0 Å². The van der Waals surface area contributed by atoms with Crippen molar-refractivity contribution in [1.29, 1.82) is 0 Å². The number of likely N-dealkylation sites (tertiary alicyclic amines) is 1. The number of imidazole rings is 1. The van der Waals surface area contributed by atoms with Gasteiger partial charge in [-0.15, -0.1) is 12.4 Å². The van der Waals surface area contributed by atoms with Gasteiger partial charge in [0.15, 0.2) is 0 Å². The highest BCUT2D eigenvalue weighted by molar-refractivity contribution is 9.10. The number of ether oxygens (including phenoxy) is 1. The molecule has 2 heterocycles. The Balaban J connectivity index is 0.00000225. The van der Waals surface area contributed by atoms with Gasteiger partial charge in [-0.3, -0.25) is 4.57 Å². The Morgan fingerprint density at radius 2 is 1.82 bits per heavy atom. The minimum atomic E-state index is 0. The van der Waals surface area contributed by atoms with Crippen LogP contribution in [0.15, 0.2) is 27.5 Å². The quantitative estimate of drug-likeness (QED) is 0.674. The van der Waals surface area contributed by atoms with Crippen LogP contribution in [0, 0.1) is 0 Å². The van der Waals surface area contributed by atoms with Gasteiger partial charge in [-0.2, -0.15) is 0 Å². The second-order valence-electron chi connectivity index (χ2n) is 8.03. The van der Waals surface area contributed by atoms with Crippen molar-refractivity contribution in [3.63, 3.8) is 0 Å². The Kier molecular flexibility index (Phi) is 7.65. The largest absolute Gasteiger partial charge is 0.378 e. The van der Waals surface area contributed by atoms with Crippen molar-refractivity contribution in [3.05, 3.63) is 33.2 Å². The smallest absolute Gasteiger partial charge is 0.326 e. The molecule has 0 bridgehead atoms. The van der Waals surface area contributed by atoms with E-state index in [1.54, 1.807) is 0 Å². The van der Waals surface area contributed by atoms with Crippen molar-refractivity contribution < 1.29 is 4.74 Å². The Morgan fingerprint density at radius 3 is 2.50 bits per heavy atom. The van der Waals surface area contributed by atoms with Crippen LogP contribution in [0.3, 0.4) is 0 Å². The highest BCUT2D eigenvalue weighted by atomic mass is 79.9. The molecule has 1 saturated carbocycles. The number of piperidine rings is 1. The summed E-state index contributed by atoms with van der Waals surface area (Å²) in [4.78, 5) is 18.2. The summed E-state index contributed by atoms with van der Waals surface area (Å²) >= 11 is 3.53. The van der Waals surface area contributed by atoms with E-state index in [1.165, 1.54) is 25.7 Å². The number of aromatic amines is 1. The van der Waals surface area contributed by atoms with Crippen LogP contribution < -0.4 is 5.69 Å². The van der Waals surface area contributed by atoms with E-state index in [-0.39, 0.29) is 18.1 Å². The third-order valence-electron chi connectivity index (χ3n) is 6.26. The standard InChI is InChI=1S/C21H30BrN3O2.ClH/c1-2-13-27-18-6-4-16(5-7-18)24-11-9-17(10-12-24)25-20-14-15(22)3-8-19(20)23-21(25)26;/h3,8,14,16-18H,2,4-7,9-13H2,1H3,(H,23,26);1H/t16-,18-;. The highest BCUT2D eigenvalue weighted by Crippen LogP contribution is 2.31. The fourth-order valence-electron chi connectivity index (χ4n) is 4.83. The number of nitrogens with one attached hydrogen (secondary N) is 1. The van der Waals surface area contributed by atoms with Crippen LogP contribution in [0.5, 0.6) is 0 Å². The molecule has 1 saturated heterocycles. The molecule has 5 nitrogen and oxygen atoms in total. The van der Waals surface area contributed by atoms with Crippen LogP contribution in [-0.4, -0.2) is 46.3 Å². The van der Waals surface area contributed by atoms with Crippen molar-refractivity contribution in [2.75, 3.05) is 19.7 Å². The lowest BCUT2D eigenvalue weighted by molar-refractivity contribution is 0.00254. The molecule has 0 amide bonds. The molecule has 1 aromatic heterocycles. The van der Waals surface area contributed by atoms with Crippen molar-refractivity contribution in [2.45, 2.75) is 70.1 Å². The Hall–Kier alpha value is -0.820. The molecule has 156 valence electrons. The topological polar surface area (TPSA) is 50.3 Å². The van der Waals surface area contributed by atoms with E-state index in [9.17, 15) is 4.79 Å². The number of nitrogens with zero attached hydrogens (tertiary/aromatic N) is 2. The predicted octanol–water partition coefficient (Wildman–Crippen LogP) is 4.89. The maximum atomic E-state index is 12.5. The van der Waals surface area contributed by atoms with Gasteiger partial charge in [-0.1, -0.05) is 22.9 Å². The molecule has 1 aromatic carbocycles. The van der Waals surface area contributed by atoms with Crippen molar-refractivity contribution in [1.82, 2.24) is 14.5 Å². The fraction of sp³-hybridized carbons (Fsp3) is 0.667. The lowest BCUT2D eigenvalue weighted by Crippen LogP contribution is -2.45. The molecule has 2 fully saturated rings. The number of H-pyrrole nitrogens is 1. The SMILES string of the molecule is CCCO[C@H]1CC[C@H](N2CCC(n3c(=O)[nH]c4ccc(Br)cc43)CC2)CC1.Cl. The molecule has 2 aromatic rings. The summed E-state index contributed by atoms with van der Waals surface area (Å²) < 4.78 is 8.93. The summed E-state index contributed by atoms with van der Waals surface area (Å²) in [5, 5.41) is 0. The number of hydrogen-bond donors (Lipinski definition) is 1. The molecule has 0 atom stereocenters. The summed E-state index contributed by atoms with van der Waals surface area (Å²) in [5.74, 6) is 0.